The van der Waals surface area contributed by atoms with Crippen molar-refractivity contribution in [2.75, 3.05) is 13.2 Å². The van der Waals surface area contributed by atoms with Gasteiger partial charge in [-0.15, -0.1) is 0 Å². The average Bonchev–Trinajstić information content (AvgIpc) is 2.83. The van der Waals surface area contributed by atoms with Crippen molar-refractivity contribution in [3.8, 4) is 0 Å². The summed E-state index contributed by atoms with van der Waals surface area (Å²) in [6.45, 7) is -0.154. The predicted molar refractivity (Wildman–Crippen MR) is 114 cm³/mol. The molecule has 31 heavy (non-hydrogen) atoms. The number of hydrogen-bond donors (Lipinski definition) is 0. The minimum Gasteiger partial charge on any atom is -0.462 e. The fourth-order valence-corrected chi connectivity index (χ4v) is 2.74. The van der Waals surface area contributed by atoms with Gasteiger partial charge in [0, 0.05) is 6.42 Å². The van der Waals surface area contributed by atoms with Gasteiger partial charge in [0.2, 0.25) is 0 Å². The summed E-state index contributed by atoms with van der Waals surface area (Å²) < 4.78 is 16.1. The van der Waals surface area contributed by atoms with Crippen molar-refractivity contribution < 1.29 is 28.6 Å². The molecule has 3 aromatic carbocycles. The zero-order chi connectivity index (χ0) is 21.9. The second kappa shape index (κ2) is 11.3. The van der Waals surface area contributed by atoms with E-state index in [1.807, 2.05) is 0 Å². The van der Waals surface area contributed by atoms with Crippen LogP contribution < -0.4 is 0 Å². The molecule has 0 fully saturated rings. The average molecular weight is 418 g/mol. The van der Waals surface area contributed by atoms with Gasteiger partial charge in [-0.25, -0.2) is 14.4 Å². The summed E-state index contributed by atoms with van der Waals surface area (Å²) in [5.74, 6) is -1.55. The highest BCUT2D eigenvalue weighted by molar-refractivity contribution is 5.90. The van der Waals surface area contributed by atoms with E-state index < -0.39 is 24.0 Å². The summed E-state index contributed by atoms with van der Waals surface area (Å²) in [5, 5.41) is 0. The summed E-state index contributed by atoms with van der Waals surface area (Å²) in [6.07, 6.45) is -0.594. The first kappa shape index (κ1) is 21.8. The molecular weight excluding hydrogens is 396 g/mol. The van der Waals surface area contributed by atoms with Gasteiger partial charge in [-0.1, -0.05) is 54.6 Å². The van der Waals surface area contributed by atoms with Crippen LogP contribution in [0.2, 0.25) is 0 Å². The molecule has 0 aromatic heterocycles. The van der Waals surface area contributed by atoms with Gasteiger partial charge < -0.3 is 14.2 Å². The second-order valence-electron chi connectivity index (χ2n) is 6.65. The first-order chi connectivity index (χ1) is 15.1. The summed E-state index contributed by atoms with van der Waals surface area (Å²) in [5.41, 5.74) is 1.20. The molecule has 0 saturated carbocycles. The first-order valence-electron chi connectivity index (χ1n) is 9.84. The third-order valence-electron chi connectivity index (χ3n) is 4.38. The zero-order valence-corrected chi connectivity index (χ0v) is 16.8. The van der Waals surface area contributed by atoms with Gasteiger partial charge >= 0.3 is 17.9 Å². The van der Waals surface area contributed by atoms with Gasteiger partial charge in [-0.3, -0.25) is 0 Å². The lowest BCUT2D eigenvalue weighted by atomic mass is 10.2. The maximum Gasteiger partial charge on any atom is 0.338 e. The Morgan fingerprint density at radius 1 is 0.581 bits per heavy atom. The molecule has 0 aliphatic heterocycles. The number of carbonyl (C=O) groups excluding carboxylic acids is 3. The Morgan fingerprint density at radius 3 is 1.48 bits per heavy atom. The number of rotatable bonds is 9. The van der Waals surface area contributed by atoms with Crippen molar-refractivity contribution >= 4 is 17.9 Å². The Hall–Kier alpha value is -3.93. The molecule has 0 bridgehead atoms. The van der Waals surface area contributed by atoms with Crippen molar-refractivity contribution in [3.05, 3.63) is 108 Å². The quantitative estimate of drug-likeness (QED) is 0.380. The van der Waals surface area contributed by atoms with Crippen molar-refractivity contribution in [3.63, 3.8) is 0 Å². The van der Waals surface area contributed by atoms with Crippen LogP contribution in [0.1, 0.15) is 37.5 Å². The Bertz CT molecular complexity index is 986. The van der Waals surface area contributed by atoms with Crippen LogP contribution in [0.25, 0.3) is 0 Å². The molecule has 3 aromatic rings. The van der Waals surface area contributed by atoms with E-state index in [0.717, 1.165) is 0 Å². The van der Waals surface area contributed by atoms with Crippen LogP contribution in [-0.4, -0.2) is 37.2 Å². The number of benzene rings is 3. The monoisotopic (exact) mass is 418 g/mol. The summed E-state index contributed by atoms with van der Waals surface area (Å²) in [4.78, 5) is 36.7. The van der Waals surface area contributed by atoms with Crippen LogP contribution >= 0.6 is 0 Å². The molecular formula is C25H22O6. The van der Waals surface area contributed by atoms with Crippen molar-refractivity contribution in [2.45, 2.75) is 12.5 Å². The molecule has 0 unspecified atom stereocenters. The molecule has 6 nitrogen and oxygen atoms in total. The highest BCUT2D eigenvalue weighted by Crippen LogP contribution is 2.10. The fourth-order valence-electron chi connectivity index (χ4n) is 2.74. The van der Waals surface area contributed by atoms with Crippen LogP contribution in [0.5, 0.6) is 0 Å². The molecule has 0 aliphatic rings. The van der Waals surface area contributed by atoms with E-state index in [9.17, 15) is 14.4 Å². The molecule has 158 valence electrons. The van der Waals surface area contributed by atoms with Crippen LogP contribution in [-0.2, 0) is 14.2 Å². The maximum atomic E-state index is 12.4. The molecule has 1 atom stereocenters. The molecule has 0 spiro atoms. The van der Waals surface area contributed by atoms with Crippen LogP contribution in [0.15, 0.2) is 91.0 Å². The van der Waals surface area contributed by atoms with E-state index >= 15 is 0 Å². The number of hydrogen-bond acceptors (Lipinski definition) is 6. The van der Waals surface area contributed by atoms with E-state index in [2.05, 4.69) is 0 Å². The maximum absolute atomic E-state index is 12.4. The Kier molecular flexibility index (Phi) is 7.94. The molecule has 0 radical (unpaired) electrons. The first-order valence-corrected chi connectivity index (χ1v) is 9.84. The SMILES string of the molecule is O=C(OCC[C@H](COC(=O)c1ccccc1)OC(=O)c1ccccc1)c1ccccc1. The van der Waals surface area contributed by atoms with Gasteiger partial charge in [-0.2, -0.15) is 0 Å². The number of ether oxygens (including phenoxy) is 3. The minimum atomic E-state index is -0.774. The zero-order valence-electron chi connectivity index (χ0n) is 16.8. The van der Waals surface area contributed by atoms with E-state index in [0.29, 0.717) is 16.7 Å². The van der Waals surface area contributed by atoms with E-state index in [1.165, 1.54) is 0 Å². The molecule has 3 rings (SSSR count). The highest BCUT2D eigenvalue weighted by Gasteiger charge is 2.20. The smallest absolute Gasteiger partial charge is 0.338 e. The Morgan fingerprint density at radius 2 is 1.00 bits per heavy atom. The summed E-state index contributed by atoms with van der Waals surface area (Å²) >= 11 is 0. The van der Waals surface area contributed by atoms with Crippen molar-refractivity contribution in [1.29, 1.82) is 0 Å². The Labute approximate surface area is 180 Å². The minimum absolute atomic E-state index is 0.00332. The lowest BCUT2D eigenvalue weighted by Gasteiger charge is -2.18. The fraction of sp³-hybridized carbons (Fsp3) is 0.160. The predicted octanol–water partition coefficient (Wildman–Crippen LogP) is 4.32. The molecule has 0 heterocycles. The largest absolute Gasteiger partial charge is 0.462 e. The molecule has 0 saturated heterocycles. The van der Waals surface area contributed by atoms with Gasteiger partial charge in [0.05, 0.1) is 23.3 Å². The van der Waals surface area contributed by atoms with E-state index in [1.54, 1.807) is 91.0 Å². The highest BCUT2D eigenvalue weighted by atomic mass is 16.6. The van der Waals surface area contributed by atoms with Crippen LogP contribution in [0.3, 0.4) is 0 Å². The molecule has 6 heteroatoms. The number of esters is 3. The molecule has 0 N–H and O–H groups in total. The second-order valence-corrected chi connectivity index (χ2v) is 6.65. The normalized spacial score (nSPS) is 11.2. The third kappa shape index (κ3) is 6.82. The van der Waals surface area contributed by atoms with Gasteiger partial charge in [0.25, 0.3) is 0 Å². The van der Waals surface area contributed by atoms with Crippen molar-refractivity contribution in [1.82, 2.24) is 0 Å². The third-order valence-corrected chi connectivity index (χ3v) is 4.38. The van der Waals surface area contributed by atoms with E-state index in [-0.39, 0.29) is 19.6 Å². The lowest BCUT2D eigenvalue weighted by molar-refractivity contribution is -0.00970. The Balaban J connectivity index is 1.58. The standard InChI is InChI=1S/C25H22O6/c26-23(19-10-4-1-5-11-19)29-17-16-22(31-25(28)21-14-8-3-9-15-21)18-30-24(27)20-12-6-2-7-13-20/h1-15,22H,16-18H2/t22-/m1/s1. The molecule has 0 aliphatic carbocycles. The lowest BCUT2D eigenvalue weighted by Crippen LogP contribution is -2.27. The number of carbonyl (C=O) groups is 3. The van der Waals surface area contributed by atoms with Crippen molar-refractivity contribution in [2.24, 2.45) is 0 Å². The molecule has 0 amide bonds. The summed E-state index contributed by atoms with van der Waals surface area (Å²) in [6, 6.07) is 25.6. The van der Waals surface area contributed by atoms with Gasteiger partial charge in [0.15, 0.2) is 0 Å². The van der Waals surface area contributed by atoms with Crippen LogP contribution in [0, 0.1) is 0 Å². The van der Waals surface area contributed by atoms with E-state index in [4.69, 9.17) is 14.2 Å². The van der Waals surface area contributed by atoms with Gasteiger partial charge in [0.1, 0.15) is 12.7 Å². The summed E-state index contributed by atoms with van der Waals surface area (Å²) in [7, 11) is 0. The van der Waals surface area contributed by atoms with Gasteiger partial charge in [-0.05, 0) is 36.4 Å². The van der Waals surface area contributed by atoms with Crippen LogP contribution in [0.4, 0.5) is 0 Å². The topological polar surface area (TPSA) is 78.9 Å².